The number of fused-ring (bicyclic) bond motifs is 1. The maximum absolute atomic E-state index is 6.25. The van der Waals surface area contributed by atoms with Crippen LogP contribution in [0.25, 0.3) is 22.0 Å². The molecule has 4 heteroatoms. The van der Waals surface area contributed by atoms with Crippen LogP contribution in [0.15, 0.2) is 36.4 Å². The Balaban J connectivity index is 2.32. The van der Waals surface area contributed by atoms with Gasteiger partial charge in [-0.3, -0.25) is 0 Å². The van der Waals surface area contributed by atoms with Gasteiger partial charge in [0.1, 0.15) is 11.4 Å². The molecule has 0 atom stereocenters. The number of aromatic nitrogens is 2. The Morgan fingerprint density at radius 2 is 1.48 bits per heavy atom. The zero-order chi connectivity index (χ0) is 15.0. The van der Waals surface area contributed by atoms with Crippen LogP contribution in [0.4, 0.5) is 0 Å². The lowest BCUT2D eigenvalue weighted by molar-refractivity contribution is 0.415. The van der Waals surface area contributed by atoms with Crippen LogP contribution in [-0.4, -0.2) is 17.3 Å². The summed E-state index contributed by atoms with van der Waals surface area (Å²) in [6.07, 6.45) is 0. The Labute approximate surface area is 128 Å². The second-order valence-corrected chi connectivity index (χ2v) is 5.38. The predicted octanol–water partition coefficient (Wildman–Crippen LogP) is 4.58. The Hall–Kier alpha value is -2.13. The van der Waals surface area contributed by atoms with Gasteiger partial charge in [0.2, 0.25) is 0 Å². The van der Waals surface area contributed by atoms with Crippen molar-refractivity contribution < 1.29 is 4.74 Å². The Kier molecular flexibility index (Phi) is 3.52. The number of nitrogens with zero attached hydrogens (tertiary/aromatic N) is 2. The highest BCUT2D eigenvalue weighted by Crippen LogP contribution is 2.34. The number of ether oxygens (including phenoxy) is 1. The van der Waals surface area contributed by atoms with Gasteiger partial charge in [0.15, 0.2) is 5.15 Å². The minimum Gasteiger partial charge on any atom is -0.497 e. The van der Waals surface area contributed by atoms with Crippen LogP contribution in [0.1, 0.15) is 11.1 Å². The van der Waals surface area contributed by atoms with Crippen LogP contribution >= 0.6 is 11.6 Å². The Morgan fingerprint density at radius 1 is 0.857 bits per heavy atom. The molecule has 0 aliphatic carbocycles. The fourth-order valence-electron chi connectivity index (χ4n) is 2.53. The van der Waals surface area contributed by atoms with Crippen LogP contribution < -0.4 is 4.74 Å². The summed E-state index contributed by atoms with van der Waals surface area (Å²) >= 11 is 6.25. The predicted molar refractivity (Wildman–Crippen MR) is 86.0 cm³/mol. The summed E-state index contributed by atoms with van der Waals surface area (Å²) in [5.41, 5.74) is 4.08. The third kappa shape index (κ3) is 2.34. The SMILES string of the molecule is COc1ccc(-c2nnc(Cl)c3c(C)ccc(C)c23)cc1. The minimum absolute atomic E-state index is 0.448. The van der Waals surface area contributed by atoms with Crippen LogP contribution in [0.5, 0.6) is 5.75 Å². The molecule has 0 saturated carbocycles. The molecule has 0 unspecified atom stereocenters. The van der Waals surface area contributed by atoms with Gasteiger partial charge in [0.25, 0.3) is 0 Å². The van der Waals surface area contributed by atoms with Crippen molar-refractivity contribution in [3.8, 4) is 17.0 Å². The molecule has 0 amide bonds. The third-order valence-electron chi connectivity index (χ3n) is 3.67. The lowest BCUT2D eigenvalue weighted by Gasteiger charge is -2.11. The summed E-state index contributed by atoms with van der Waals surface area (Å²) in [5.74, 6) is 0.817. The molecule has 0 spiro atoms. The van der Waals surface area contributed by atoms with Gasteiger partial charge >= 0.3 is 0 Å². The molecule has 21 heavy (non-hydrogen) atoms. The summed E-state index contributed by atoms with van der Waals surface area (Å²) in [6.45, 7) is 4.10. The van der Waals surface area contributed by atoms with E-state index in [9.17, 15) is 0 Å². The van der Waals surface area contributed by atoms with Crippen LogP contribution in [-0.2, 0) is 0 Å². The maximum Gasteiger partial charge on any atom is 0.159 e. The Morgan fingerprint density at radius 3 is 2.10 bits per heavy atom. The van der Waals surface area contributed by atoms with Crippen molar-refractivity contribution in [2.24, 2.45) is 0 Å². The molecular formula is C17H15ClN2O. The smallest absolute Gasteiger partial charge is 0.159 e. The van der Waals surface area contributed by atoms with E-state index in [-0.39, 0.29) is 0 Å². The van der Waals surface area contributed by atoms with Gasteiger partial charge in [0, 0.05) is 16.3 Å². The Bertz CT molecular complexity index is 805. The molecule has 3 aromatic rings. The number of benzene rings is 2. The molecule has 106 valence electrons. The average molecular weight is 299 g/mol. The topological polar surface area (TPSA) is 35.0 Å². The third-order valence-corrected chi connectivity index (χ3v) is 3.93. The van der Waals surface area contributed by atoms with E-state index in [0.717, 1.165) is 38.9 Å². The summed E-state index contributed by atoms with van der Waals surface area (Å²) in [6, 6.07) is 12.0. The maximum atomic E-state index is 6.25. The molecule has 0 aliphatic rings. The van der Waals surface area contributed by atoms with E-state index < -0.39 is 0 Å². The fraction of sp³-hybridized carbons (Fsp3) is 0.176. The van der Waals surface area contributed by atoms with Crippen molar-refractivity contribution in [1.29, 1.82) is 0 Å². The molecule has 1 aromatic heterocycles. The summed E-state index contributed by atoms with van der Waals surface area (Å²) < 4.78 is 5.20. The van der Waals surface area contributed by atoms with Gasteiger partial charge in [0.05, 0.1) is 7.11 Å². The zero-order valence-corrected chi connectivity index (χ0v) is 12.9. The highest BCUT2D eigenvalue weighted by molar-refractivity contribution is 6.35. The van der Waals surface area contributed by atoms with Gasteiger partial charge in [-0.25, -0.2) is 0 Å². The first kappa shape index (κ1) is 13.8. The van der Waals surface area contributed by atoms with Crippen molar-refractivity contribution in [3.63, 3.8) is 0 Å². The molecule has 0 bridgehead atoms. The van der Waals surface area contributed by atoms with Gasteiger partial charge in [-0.15, -0.1) is 10.2 Å². The monoisotopic (exact) mass is 298 g/mol. The highest BCUT2D eigenvalue weighted by atomic mass is 35.5. The van der Waals surface area contributed by atoms with E-state index in [4.69, 9.17) is 16.3 Å². The number of halogens is 1. The summed E-state index contributed by atoms with van der Waals surface area (Å²) in [7, 11) is 1.65. The van der Waals surface area contributed by atoms with Gasteiger partial charge in [-0.2, -0.15) is 0 Å². The van der Waals surface area contributed by atoms with Crippen molar-refractivity contribution in [2.75, 3.05) is 7.11 Å². The number of aryl methyl sites for hydroxylation is 2. The van der Waals surface area contributed by atoms with E-state index >= 15 is 0 Å². The number of hydrogen-bond acceptors (Lipinski definition) is 3. The lowest BCUT2D eigenvalue weighted by Crippen LogP contribution is -1.95. The lowest BCUT2D eigenvalue weighted by atomic mass is 9.98. The molecule has 3 nitrogen and oxygen atoms in total. The van der Waals surface area contributed by atoms with Crippen LogP contribution in [0.3, 0.4) is 0 Å². The number of rotatable bonds is 2. The van der Waals surface area contributed by atoms with Crippen LogP contribution in [0.2, 0.25) is 5.15 Å². The first-order valence-electron chi connectivity index (χ1n) is 6.68. The second-order valence-electron chi connectivity index (χ2n) is 5.02. The van der Waals surface area contributed by atoms with E-state index in [1.165, 1.54) is 0 Å². The highest BCUT2D eigenvalue weighted by Gasteiger charge is 2.14. The van der Waals surface area contributed by atoms with E-state index in [0.29, 0.717) is 5.15 Å². The average Bonchev–Trinajstić information content (AvgIpc) is 2.51. The van der Waals surface area contributed by atoms with Gasteiger partial charge < -0.3 is 4.74 Å². The molecule has 1 heterocycles. The van der Waals surface area contributed by atoms with Crippen molar-refractivity contribution in [1.82, 2.24) is 10.2 Å². The number of methoxy groups -OCH3 is 1. The molecule has 0 fully saturated rings. The molecule has 0 radical (unpaired) electrons. The molecule has 0 aliphatic heterocycles. The fourth-order valence-corrected chi connectivity index (χ4v) is 2.81. The standard InChI is InChI=1S/C17H15ClN2O/c1-10-4-5-11(2)15-14(10)16(19-20-17(15)18)12-6-8-13(21-3)9-7-12/h4-9H,1-3H3. The van der Waals surface area contributed by atoms with Crippen molar-refractivity contribution in [2.45, 2.75) is 13.8 Å². The molecular weight excluding hydrogens is 284 g/mol. The summed E-state index contributed by atoms with van der Waals surface area (Å²) in [4.78, 5) is 0. The quantitative estimate of drug-likeness (QED) is 0.695. The number of hydrogen-bond donors (Lipinski definition) is 0. The van der Waals surface area contributed by atoms with Gasteiger partial charge in [-0.1, -0.05) is 23.7 Å². The zero-order valence-electron chi connectivity index (χ0n) is 12.1. The minimum atomic E-state index is 0.448. The van der Waals surface area contributed by atoms with Crippen molar-refractivity contribution >= 4 is 22.4 Å². The first-order chi connectivity index (χ1) is 10.1. The van der Waals surface area contributed by atoms with Crippen molar-refractivity contribution in [3.05, 3.63) is 52.7 Å². The van der Waals surface area contributed by atoms with E-state index in [2.05, 4.69) is 29.3 Å². The molecule has 0 N–H and O–H groups in total. The normalized spacial score (nSPS) is 10.9. The molecule has 3 rings (SSSR count). The van der Waals surface area contributed by atoms with E-state index in [1.54, 1.807) is 7.11 Å². The van der Waals surface area contributed by atoms with E-state index in [1.807, 2.05) is 31.2 Å². The molecule has 2 aromatic carbocycles. The van der Waals surface area contributed by atoms with Gasteiger partial charge in [-0.05, 0) is 49.2 Å². The molecule has 0 saturated heterocycles. The summed E-state index contributed by atoms with van der Waals surface area (Å²) in [5, 5.41) is 10.9. The second kappa shape index (κ2) is 5.34. The largest absolute Gasteiger partial charge is 0.497 e. The van der Waals surface area contributed by atoms with Crippen LogP contribution in [0, 0.1) is 13.8 Å². The first-order valence-corrected chi connectivity index (χ1v) is 7.06.